The third-order valence-electron chi connectivity index (χ3n) is 4.23. The van der Waals surface area contributed by atoms with Crippen LogP contribution in [0.4, 0.5) is 17.6 Å². The Balaban J connectivity index is 1.67. The normalized spacial score (nSPS) is 16.8. The minimum absolute atomic E-state index is 0.0853. The lowest BCUT2D eigenvalue weighted by molar-refractivity contribution is 0.181. The Morgan fingerprint density at radius 1 is 0.808 bits per heavy atom. The van der Waals surface area contributed by atoms with Gasteiger partial charge in [-0.3, -0.25) is 4.90 Å². The number of halogens is 4. The zero-order valence-electron chi connectivity index (χ0n) is 13.6. The first kappa shape index (κ1) is 18.8. The Morgan fingerprint density at radius 3 is 2.12 bits per heavy atom. The van der Waals surface area contributed by atoms with Crippen LogP contribution in [0.15, 0.2) is 41.3 Å². The topological polar surface area (TPSA) is 40.6 Å². The zero-order valence-corrected chi connectivity index (χ0v) is 14.4. The molecule has 0 spiro atoms. The molecule has 1 fully saturated rings. The van der Waals surface area contributed by atoms with Crippen LogP contribution in [0.2, 0.25) is 0 Å². The molecule has 1 heterocycles. The lowest BCUT2D eigenvalue weighted by Gasteiger charge is -2.34. The van der Waals surface area contributed by atoms with E-state index in [1.165, 1.54) is 6.07 Å². The first-order valence-corrected chi connectivity index (χ1v) is 9.33. The third-order valence-corrected chi connectivity index (χ3v) is 6.15. The summed E-state index contributed by atoms with van der Waals surface area (Å²) in [4.78, 5) is 1.19. The van der Waals surface area contributed by atoms with Gasteiger partial charge in [0.15, 0.2) is 11.6 Å². The minimum atomic E-state index is -4.14. The largest absolute Gasteiger partial charge is 0.296 e. The summed E-state index contributed by atoms with van der Waals surface area (Å²) >= 11 is 0. The second-order valence-corrected chi connectivity index (χ2v) is 7.91. The van der Waals surface area contributed by atoms with Gasteiger partial charge in [-0.2, -0.15) is 4.31 Å². The maximum absolute atomic E-state index is 13.8. The Morgan fingerprint density at radius 2 is 1.46 bits per heavy atom. The lowest BCUT2D eigenvalue weighted by Crippen LogP contribution is -2.48. The van der Waals surface area contributed by atoms with Crippen LogP contribution in [-0.2, 0) is 16.6 Å². The van der Waals surface area contributed by atoms with Crippen LogP contribution in [0.3, 0.4) is 0 Å². The van der Waals surface area contributed by atoms with Gasteiger partial charge in [-0.1, -0.05) is 6.07 Å². The van der Waals surface area contributed by atoms with Gasteiger partial charge in [-0.15, -0.1) is 0 Å². The molecule has 140 valence electrons. The number of hydrogen-bond donors (Lipinski definition) is 0. The van der Waals surface area contributed by atoms with Crippen LogP contribution in [0.1, 0.15) is 5.56 Å². The SMILES string of the molecule is O=S(=O)(c1cc(F)ccc1F)N1CCN(Cc2ccc(F)c(F)c2)CC1. The molecule has 0 N–H and O–H groups in total. The molecule has 1 saturated heterocycles. The highest BCUT2D eigenvalue weighted by Crippen LogP contribution is 2.22. The van der Waals surface area contributed by atoms with Crippen molar-refractivity contribution >= 4 is 10.0 Å². The van der Waals surface area contributed by atoms with Gasteiger partial charge in [-0.25, -0.2) is 26.0 Å². The lowest BCUT2D eigenvalue weighted by atomic mass is 10.2. The minimum Gasteiger partial charge on any atom is -0.296 e. The van der Waals surface area contributed by atoms with E-state index in [4.69, 9.17) is 0 Å². The van der Waals surface area contributed by atoms with Gasteiger partial charge in [0.05, 0.1) is 0 Å². The monoisotopic (exact) mass is 388 g/mol. The Bertz CT molecular complexity index is 913. The van der Waals surface area contributed by atoms with Crippen LogP contribution < -0.4 is 0 Å². The van der Waals surface area contributed by atoms with Crippen molar-refractivity contribution in [3.05, 3.63) is 65.2 Å². The quantitative estimate of drug-likeness (QED) is 0.757. The molecule has 2 aromatic carbocycles. The number of rotatable bonds is 4. The summed E-state index contributed by atoms with van der Waals surface area (Å²) in [5.74, 6) is -3.70. The molecule has 9 heteroatoms. The molecule has 4 nitrogen and oxygen atoms in total. The Labute approximate surface area is 148 Å². The molecule has 0 unspecified atom stereocenters. The molecule has 0 saturated carbocycles. The van der Waals surface area contributed by atoms with Gasteiger partial charge in [0.2, 0.25) is 10.0 Å². The second-order valence-electron chi connectivity index (χ2n) is 6.00. The van der Waals surface area contributed by atoms with Crippen molar-refractivity contribution in [2.45, 2.75) is 11.4 Å². The van der Waals surface area contributed by atoms with Crippen LogP contribution in [0.25, 0.3) is 0 Å². The molecule has 3 rings (SSSR count). The first-order valence-electron chi connectivity index (χ1n) is 7.89. The third kappa shape index (κ3) is 3.89. The van der Waals surface area contributed by atoms with E-state index in [9.17, 15) is 26.0 Å². The Hall–Kier alpha value is -1.97. The predicted molar refractivity (Wildman–Crippen MR) is 86.8 cm³/mol. The van der Waals surface area contributed by atoms with Crippen molar-refractivity contribution in [3.63, 3.8) is 0 Å². The highest BCUT2D eigenvalue weighted by atomic mass is 32.2. The van der Waals surface area contributed by atoms with E-state index in [-0.39, 0.29) is 13.1 Å². The van der Waals surface area contributed by atoms with Crippen molar-refractivity contribution < 1.29 is 26.0 Å². The molecule has 0 amide bonds. The van der Waals surface area contributed by atoms with E-state index in [2.05, 4.69) is 0 Å². The summed E-state index contributed by atoms with van der Waals surface area (Å²) in [5.41, 5.74) is 0.566. The standard InChI is InChI=1S/C17H16F4N2O2S/c18-13-2-4-15(20)17(10-13)26(24,25)23-7-5-22(6-8-23)11-12-1-3-14(19)16(21)9-12/h1-4,9-10H,5-8,11H2. The van der Waals surface area contributed by atoms with E-state index >= 15 is 0 Å². The smallest absolute Gasteiger partial charge is 0.246 e. The van der Waals surface area contributed by atoms with E-state index in [0.29, 0.717) is 31.3 Å². The summed E-state index contributed by atoms with van der Waals surface area (Å²) in [6.45, 7) is 1.16. The van der Waals surface area contributed by atoms with E-state index < -0.39 is 38.2 Å². The van der Waals surface area contributed by atoms with Crippen molar-refractivity contribution in [1.82, 2.24) is 9.21 Å². The van der Waals surface area contributed by atoms with E-state index in [0.717, 1.165) is 28.6 Å². The predicted octanol–water partition coefficient (Wildman–Crippen LogP) is 2.75. The maximum atomic E-state index is 13.8. The zero-order chi connectivity index (χ0) is 18.9. The van der Waals surface area contributed by atoms with Crippen molar-refractivity contribution in [2.75, 3.05) is 26.2 Å². The molecule has 0 aromatic heterocycles. The molecule has 0 aliphatic carbocycles. The highest BCUT2D eigenvalue weighted by molar-refractivity contribution is 7.89. The molecular weight excluding hydrogens is 372 g/mol. The van der Waals surface area contributed by atoms with Gasteiger partial charge in [0.25, 0.3) is 0 Å². The number of hydrogen-bond acceptors (Lipinski definition) is 3. The molecule has 0 atom stereocenters. The second kappa shape index (κ2) is 7.34. The van der Waals surface area contributed by atoms with Crippen LogP contribution in [0.5, 0.6) is 0 Å². The summed E-state index contributed by atoms with van der Waals surface area (Å²) in [7, 11) is -4.14. The average molecular weight is 388 g/mol. The summed E-state index contributed by atoms with van der Waals surface area (Å²) in [6, 6.07) is 5.90. The highest BCUT2D eigenvalue weighted by Gasteiger charge is 2.31. The molecule has 1 aliphatic heterocycles. The number of sulfonamides is 1. The maximum Gasteiger partial charge on any atom is 0.246 e. The fourth-order valence-corrected chi connectivity index (χ4v) is 4.34. The summed E-state index contributed by atoms with van der Waals surface area (Å²) < 4.78 is 79.4. The van der Waals surface area contributed by atoms with Crippen LogP contribution >= 0.6 is 0 Å². The molecule has 2 aromatic rings. The number of benzene rings is 2. The molecule has 0 radical (unpaired) electrons. The molecule has 0 bridgehead atoms. The molecular formula is C17H16F4N2O2S. The van der Waals surface area contributed by atoms with E-state index in [1.807, 2.05) is 4.90 Å². The van der Waals surface area contributed by atoms with Gasteiger partial charge < -0.3 is 0 Å². The molecule has 26 heavy (non-hydrogen) atoms. The van der Waals surface area contributed by atoms with Gasteiger partial charge in [0.1, 0.15) is 16.5 Å². The average Bonchev–Trinajstić information content (AvgIpc) is 2.61. The fraction of sp³-hybridized carbons (Fsp3) is 0.294. The van der Waals surface area contributed by atoms with Crippen LogP contribution in [-0.4, -0.2) is 43.8 Å². The van der Waals surface area contributed by atoms with Gasteiger partial charge >= 0.3 is 0 Å². The van der Waals surface area contributed by atoms with Crippen molar-refractivity contribution in [1.29, 1.82) is 0 Å². The summed E-state index contributed by atoms with van der Waals surface area (Å²) in [6.07, 6.45) is 0. The van der Waals surface area contributed by atoms with Gasteiger partial charge in [-0.05, 0) is 35.9 Å². The van der Waals surface area contributed by atoms with E-state index in [1.54, 1.807) is 0 Å². The van der Waals surface area contributed by atoms with Crippen molar-refractivity contribution in [3.8, 4) is 0 Å². The molecule has 1 aliphatic rings. The number of piperazine rings is 1. The first-order chi connectivity index (χ1) is 12.3. The number of nitrogens with zero attached hydrogens (tertiary/aromatic N) is 2. The summed E-state index contributed by atoms with van der Waals surface area (Å²) in [5, 5.41) is 0. The van der Waals surface area contributed by atoms with Crippen LogP contribution in [0, 0.1) is 23.3 Å². The van der Waals surface area contributed by atoms with Crippen molar-refractivity contribution in [2.24, 2.45) is 0 Å². The van der Waals surface area contributed by atoms with Gasteiger partial charge in [0, 0.05) is 32.7 Å². The Kier molecular flexibility index (Phi) is 5.31. The fourth-order valence-electron chi connectivity index (χ4n) is 2.84.